The Labute approximate surface area is 77.8 Å². The fraction of sp³-hybridized carbons (Fsp3) is 0.556. The molecule has 3 heteroatoms. The van der Waals surface area contributed by atoms with Crippen molar-refractivity contribution in [3.05, 3.63) is 23.8 Å². The molecule has 0 fully saturated rings. The van der Waals surface area contributed by atoms with Gasteiger partial charge >= 0.3 is 0 Å². The van der Waals surface area contributed by atoms with Crippen LogP contribution in [0.1, 0.15) is 6.42 Å². The number of hydrogen-bond acceptors (Lipinski definition) is 2. The van der Waals surface area contributed by atoms with Crippen LogP contribution in [0.4, 0.5) is 0 Å². The van der Waals surface area contributed by atoms with Crippen molar-refractivity contribution < 1.29 is 9.47 Å². The Bertz CT molecular complexity index is 205. The molecule has 1 rings (SSSR count). The molecule has 0 N–H and O–H groups in total. The van der Waals surface area contributed by atoms with Gasteiger partial charge in [-0.25, -0.2) is 0 Å². The minimum atomic E-state index is -0.574. The molecule has 12 heavy (non-hydrogen) atoms. The molecule has 0 atom stereocenters. The van der Waals surface area contributed by atoms with Gasteiger partial charge in [0.1, 0.15) is 0 Å². The van der Waals surface area contributed by atoms with Crippen molar-refractivity contribution >= 4 is 11.6 Å². The van der Waals surface area contributed by atoms with E-state index < -0.39 is 5.79 Å². The van der Waals surface area contributed by atoms with Gasteiger partial charge in [-0.1, -0.05) is 12.2 Å². The first-order chi connectivity index (χ1) is 5.76. The monoisotopic (exact) mass is 188 g/mol. The number of methoxy groups -OCH3 is 2. The van der Waals surface area contributed by atoms with Gasteiger partial charge < -0.3 is 9.47 Å². The fourth-order valence-corrected chi connectivity index (χ4v) is 1.33. The highest BCUT2D eigenvalue weighted by molar-refractivity contribution is 6.19. The van der Waals surface area contributed by atoms with Crippen LogP contribution >= 0.6 is 11.6 Å². The normalized spacial score (nSPS) is 20.8. The Morgan fingerprint density at radius 1 is 1.50 bits per heavy atom. The van der Waals surface area contributed by atoms with Crippen LogP contribution in [0.3, 0.4) is 0 Å². The van der Waals surface area contributed by atoms with Crippen molar-refractivity contribution in [2.24, 2.45) is 0 Å². The molecule has 0 aromatic heterocycles. The molecule has 0 aromatic rings. The molecular weight excluding hydrogens is 176 g/mol. The van der Waals surface area contributed by atoms with E-state index in [0.29, 0.717) is 5.88 Å². The summed E-state index contributed by atoms with van der Waals surface area (Å²) in [7, 11) is 3.26. The summed E-state index contributed by atoms with van der Waals surface area (Å²) < 4.78 is 10.4. The lowest BCUT2D eigenvalue weighted by Crippen LogP contribution is -2.32. The zero-order chi connectivity index (χ0) is 9.03. The van der Waals surface area contributed by atoms with Crippen LogP contribution < -0.4 is 0 Å². The lowest BCUT2D eigenvalue weighted by Gasteiger charge is -2.28. The van der Waals surface area contributed by atoms with Gasteiger partial charge in [0, 0.05) is 26.5 Å². The molecule has 0 saturated carbocycles. The molecule has 0 heterocycles. The first-order valence-electron chi connectivity index (χ1n) is 3.81. The molecule has 1 aliphatic carbocycles. The second-order valence-corrected chi connectivity index (χ2v) is 2.94. The maximum atomic E-state index is 5.66. The first-order valence-corrected chi connectivity index (χ1v) is 4.34. The van der Waals surface area contributed by atoms with Crippen molar-refractivity contribution in [3.63, 3.8) is 0 Å². The van der Waals surface area contributed by atoms with E-state index in [1.165, 1.54) is 0 Å². The van der Waals surface area contributed by atoms with Gasteiger partial charge in [0.25, 0.3) is 0 Å². The van der Waals surface area contributed by atoms with Crippen molar-refractivity contribution in [2.45, 2.75) is 12.2 Å². The molecule has 0 radical (unpaired) electrons. The van der Waals surface area contributed by atoms with E-state index in [1.807, 2.05) is 18.2 Å². The summed E-state index contributed by atoms with van der Waals surface area (Å²) in [5.74, 6) is -0.0322. The molecule has 2 nitrogen and oxygen atoms in total. The largest absolute Gasteiger partial charge is 0.349 e. The van der Waals surface area contributed by atoms with E-state index >= 15 is 0 Å². The Morgan fingerprint density at radius 3 is 2.50 bits per heavy atom. The Kier molecular flexibility index (Phi) is 3.32. The molecule has 0 bridgehead atoms. The van der Waals surface area contributed by atoms with Crippen molar-refractivity contribution in [3.8, 4) is 0 Å². The average Bonchev–Trinajstić information content (AvgIpc) is 2.18. The summed E-state index contributed by atoms with van der Waals surface area (Å²) in [5, 5.41) is 0. The minimum absolute atomic E-state index is 0.542. The summed E-state index contributed by atoms with van der Waals surface area (Å²) in [6.45, 7) is 0. The van der Waals surface area contributed by atoms with Gasteiger partial charge in [-0.15, -0.1) is 11.6 Å². The standard InChI is InChI=1S/C9H13ClO2/c1-11-9(12-2)5-3-8(7-10)4-6-9/h3-5H,6-7H2,1-2H3. The molecule has 1 aliphatic rings. The van der Waals surface area contributed by atoms with E-state index in [2.05, 4.69) is 0 Å². The lowest BCUT2D eigenvalue weighted by molar-refractivity contribution is -0.167. The molecular formula is C9H13ClO2. The third-order valence-corrected chi connectivity index (χ3v) is 2.35. The number of halogens is 1. The van der Waals surface area contributed by atoms with Gasteiger partial charge in [-0.3, -0.25) is 0 Å². The smallest absolute Gasteiger partial charge is 0.190 e. The summed E-state index contributed by atoms with van der Waals surface area (Å²) in [6, 6.07) is 0. The maximum Gasteiger partial charge on any atom is 0.190 e. The highest BCUT2D eigenvalue weighted by Crippen LogP contribution is 2.25. The minimum Gasteiger partial charge on any atom is -0.349 e. The van der Waals surface area contributed by atoms with E-state index in [4.69, 9.17) is 21.1 Å². The van der Waals surface area contributed by atoms with Crippen LogP contribution in [0.15, 0.2) is 23.8 Å². The molecule has 0 aromatic carbocycles. The number of ether oxygens (including phenoxy) is 2. The van der Waals surface area contributed by atoms with Crippen LogP contribution in [-0.4, -0.2) is 25.9 Å². The van der Waals surface area contributed by atoms with E-state index in [-0.39, 0.29) is 0 Å². The Balaban J connectivity index is 2.67. The highest BCUT2D eigenvalue weighted by atomic mass is 35.5. The number of rotatable bonds is 3. The van der Waals surface area contributed by atoms with Gasteiger partial charge in [-0.2, -0.15) is 0 Å². The third kappa shape index (κ3) is 1.89. The van der Waals surface area contributed by atoms with E-state index in [9.17, 15) is 0 Å². The predicted octanol–water partition coefficient (Wildman–Crippen LogP) is 2.10. The highest BCUT2D eigenvalue weighted by Gasteiger charge is 2.26. The SMILES string of the molecule is COC1(OC)C=CC(CCl)=CC1. The molecule has 0 spiro atoms. The quantitative estimate of drug-likeness (QED) is 0.499. The lowest BCUT2D eigenvalue weighted by atomic mass is 10.0. The second-order valence-electron chi connectivity index (χ2n) is 2.67. The zero-order valence-corrected chi connectivity index (χ0v) is 8.10. The number of allylic oxidation sites excluding steroid dienone is 2. The first kappa shape index (κ1) is 9.78. The maximum absolute atomic E-state index is 5.66. The summed E-state index contributed by atoms with van der Waals surface area (Å²) in [6.07, 6.45) is 6.58. The molecule has 68 valence electrons. The number of hydrogen-bond donors (Lipinski definition) is 0. The van der Waals surface area contributed by atoms with E-state index in [0.717, 1.165) is 12.0 Å². The summed E-state index contributed by atoms with van der Waals surface area (Å²) >= 11 is 5.66. The van der Waals surface area contributed by atoms with Gasteiger partial charge in [0.2, 0.25) is 0 Å². The zero-order valence-electron chi connectivity index (χ0n) is 7.34. The Morgan fingerprint density at radius 2 is 2.17 bits per heavy atom. The molecule has 0 saturated heterocycles. The van der Waals surface area contributed by atoms with Crippen LogP contribution in [0, 0.1) is 0 Å². The topological polar surface area (TPSA) is 18.5 Å². The molecule has 0 amide bonds. The summed E-state index contributed by atoms with van der Waals surface area (Å²) in [4.78, 5) is 0. The fourth-order valence-electron chi connectivity index (χ4n) is 1.13. The van der Waals surface area contributed by atoms with Crippen molar-refractivity contribution in [1.29, 1.82) is 0 Å². The van der Waals surface area contributed by atoms with Gasteiger partial charge in [0.05, 0.1) is 0 Å². The molecule has 0 unspecified atom stereocenters. The predicted molar refractivity (Wildman–Crippen MR) is 49.3 cm³/mol. The van der Waals surface area contributed by atoms with Crippen LogP contribution in [0.5, 0.6) is 0 Å². The average molecular weight is 189 g/mol. The van der Waals surface area contributed by atoms with Gasteiger partial charge in [-0.05, 0) is 11.6 Å². The summed E-state index contributed by atoms with van der Waals surface area (Å²) in [5.41, 5.74) is 1.11. The second kappa shape index (κ2) is 4.08. The van der Waals surface area contributed by atoms with Crippen molar-refractivity contribution in [2.75, 3.05) is 20.1 Å². The van der Waals surface area contributed by atoms with Crippen LogP contribution in [0.2, 0.25) is 0 Å². The Hall–Kier alpha value is -0.310. The van der Waals surface area contributed by atoms with Crippen LogP contribution in [-0.2, 0) is 9.47 Å². The van der Waals surface area contributed by atoms with Gasteiger partial charge in [0.15, 0.2) is 5.79 Å². The van der Waals surface area contributed by atoms with Crippen LogP contribution in [0.25, 0.3) is 0 Å². The molecule has 0 aliphatic heterocycles. The third-order valence-electron chi connectivity index (χ3n) is 2.05. The van der Waals surface area contributed by atoms with E-state index in [1.54, 1.807) is 14.2 Å². The number of alkyl halides is 1. The van der Waals surface area contributed by atoms with Crippen molar-refractivity contribution in [1.82, 2.24) is 0 Å².